The number of rotatable bonds is 5. The topological polar surface area (TPSA) is 82.6 Å². The maximum atomic E-state index is 11.7. The van der Waals surface area contributed by atoms with Crippen molar-refractivity contribution in [3.8, 4) is 5.75 Å². The summed E-state index contributed by atoms with van der Waals surface area (Å²) < 4.78 is 10.9. The van der Waals surface area contributed by atoms with Crippen LogP contribution in [-0.2, 0) is 13.0 Å². The van der Waals surface area contributed by atoms with Gasteiger partial charge in [0, 0.05) is 29.1 Å². The summed E-state index contributed by atoms with van der Waals surface area (Å²) in [4.78, 5) is 21.9. The molecule has 6 nitrogen and oxygen atoms in total. The molecule has 24 heavy (non-hydrogen) atoms. The van der Waals surface area contributed by atoms with Crippen LogP contribution in [0.4, 0.5) is 5.69 Å². The molecule has 0 bridgehead atoms. The van der Waals surface area contributed by atoms with Gasteiger partial charge in [0.15, 0.2) is 0 Å². The Morgan fingerprint density at radius 3 is 2.54 bits per heavy atom. The van der Waals surface area contributed by atoms with Crippen molar-refractivity contribution < 1.29 is 14.1 Å². The number of ether oxygens (including phenoxy) is 1. The first-order valence-corrected chi connectivity index (χ1v) is 7.49. The second-order valence-corrected chi connectivity index (χ2v) is 5.31. The molecule has 0 N–H and O–H groups in total. The van der Waals surface area contributed by atoms with Gasteiger partial charge in [-0.15, -0.1) is 0 Å². The van der Waals surface area contributed by atoms with Crippen molar-refractivity contribution >= 4 is 16.7 Å². The van der Waals surface area contributed by atoms with Crippen LogP contribution in [0.2, 0.25) is 0 Å². The van der Waals surface area contributed by atoms with Gasteiger partial charge in [-0.2, -0.15) is 0 Å². The highest BCUT2D eigenvalue weighted by atomic mass is 16.6. The van der Waals surface area contributed by atoms with Gasteiger partial charge in [-0.05, 0) is 30.2 Å². The molecule has 0 aliphatic carbocycles. The molecule has 0 aliphatic heterocycles. The summed E-state index contributed by atoms with van der Waals surface area (Å²) in [6, 6.07) is 13.0. The van der Waals surface area contributed by atoms with Gasteiger partial charge >= 0.3 is 5.63 Å². The fourth-order valence-electron chi connectivity index (χ4n) is 2.44. The Labute approximate surface area is 137 Å². The molecular weight excluding hydrogens is 310 g/mol. The van der Waals surface area contributed by atoms with Crippen molar-refractivity contribution in [3.63, 3.8) is 0 Å². The zero-order valence-electron chi connectivity index (χ0n) is 13.0. The van der Waals surface area contributed by atoms with Crippen LogP contribution in [0.25, 0.3) is 11.0 Å². The van der Waals surface area contributed by atoms with Crippen LogP contribution in [0, 0.1) is 10.1 Å². The summed E-state index contributed by atoms with van der Waals surface area (Å²) in [5, 5.41) is 11.5. The minimum Gasteiger partial charge on any atom is -0.489 e. The van der Waals surface area contributed by atoms with E-state index >= 15 is 0 Å². The van der Waals surface area contributed by atoms with E-state index in [2.05, 4.69) is 0 Å². The second-order valence-electron chi connectivity index (χ2n) is 5.31. The number of nitro groups is 1. The van der Waals surface area contributed by atoms with E-state index in [-0.39, 0.29) is 12.3 Å². The Balaban J connectivity index is 1.86. The molecule has 0 amide bonds. The molecule has 0 saturated carbocycles. The number of benzene rings is 2. The minimum atomic E-state index is -0.467. The lowest BCUT2D eigenvalue weighted by molar-refractivity contribution is -0.384. The molecule has 1 heterocycles. The van der Waals surface area contributed by atoms with Crippen LogP contribution in [0.5, 0.6) is 5.75 Å². The SMILES string of the molecule is CCc1ccc2c(COc3ccc([N+](=O)[O-])cc3)cc(=O)oc2c1. The number of hydrogen-bond acceptors (Lipinski definition) is 5. The highest BCUT2D eigenvalue weighted by Gasteiger charge is 2.08. The van der Waals surface area contributed by atoms with E-state index in [1.54, 1.807) is 0 Å². The van der Waals surface area contributed by atoms with Crippen LogP contribution >= 0.6 is 0 Å². The first-order valence-electron chi connectivity index (χ1n) is 7.49. The highest BCUT2D eigenvalue weighted by Crippen LogP contribution is 2.22. The maximum Gasteiger partial charge on any atom is 0.336 e. The van der Waals surface area contributed by atoms with Gasteiger partial charge in [-0.25, -0.2) is 4.79 Å². The molecule has 0 fully saturated rings. The molecule has 0 spiro atoms. The van der Waals surface area contributed by atoms with Crippen molar-refractivity contribution in [3.05, 3.63) is 80.2 Å². The number of nitro benzene ring substituents is 1. The van der Waals surface area contributed by atoms with Crippen LogP contribution < -0.4 is 10.4 Å². The van der Waals surface area contributed by atoms with Crippen LogP contribution in [0.15, 0.2) is 57.7 Å². The zero-order valence-corrected chi connectivity index (χ0v) is 13.0. The van der Waals surface area contributed by atoms with E-state index in [1.165, 1.54) is 30.3 Å². The van der Waals surface area contributed by atoms with Crippen molar-refractivity contribution in [2.75, 3.05) is 0 Å². The van der Waals surface area contributed by atoms with Gasteiger partial charge in [0.1, 0.15) is 17.9 Å². The summed E-state index contributed by atoms with van der Waals surface area (Å²) in [5.74, 6) is 0.493. The lowest BCUT2D eigenvalue weighted by Gasteiger charge is -2.09. The molecule has 0 saturated heterocycles. The molecule has 2 aromatic carbocycles. The van der Waals surface area contributed by atoms with Crippen molar-refractivity contribution in [1.29, 1.82) is 0 Å². The lowest BCUT2D eigenvalue weighted by atomic mass is 10.1. The van der Waals surface area contributed by atoms with Crippen molar-refractivity contribution in [2.24, 2.45) is 0 Å². The fourth-order valence-corrected chi connectivity index (χ4v) is 2.44. The van der Waals surface area contributed by atoms with Gasteiger partial charge in [0.05, 0.1) is 4.92 Å². The monoisotopic (exact) mass is 325 g/mol. The van der Waals surface area contributed by atoms with Gasteiger partial charge in [0.2, 0.25) is 0 Å². The number of aryl methyl sites for hydroxylation is 1. The average molecular weight is 325 g/mol. The van der Waals surface area contributed by atoms with E-state index in [0.29, 0.717) is 16.9 Å². The molecule has 3 rings (SSSR count). The predicted octanol–water partition coefficient (Wildman–Crippen LogP) is 3.84. The van der Waals surface area contributed by atoms with Crippen molar-refractivity contribution in [2.45, 2.75) is 20.0 Å². The summed E-state index contributed by atoms with van der Waals surface area (Å²) in [6.45, 7) is 2.20. The first-order chi connectivity index (χ1) is 11.6. The normalized spacial score (nSPS) is 10.7. The first kappa shape index (κ1) is 15.7. The molecule has 0 aliphatic rings. The van der Waals surface area contributed by atoms with Gasteiger partial charge < -0.3 is 9.15 Å². The summed E-state index contributed by atoms with van der Waals surface area (Å²) in [5.41, 5.74) is 1.89. The average Bonchev–Trinajstić information content (AvgIpc) is 2.59. The number of nitrogens with zero attached hydrogens (tertiary/aromatic N) is 1. The molecule has 3 aromatic rings. The standard InChI is InChI=1S/C18H15NO5/c1-2-12-3-8-16-13(10-18(20)24-17(16)9-12)11-23-15-6-4-14(5-7-15)19(21)22/h3-10H,2,11H2,1H3. The largest absolute Gasteiger partial charge is 0.489 e. The zero-order chi connectivity index (χ0) is 17.1. The van der Waals surface area contributed by atoms with E-state index in [1.807, 2.05) is 25.1 Å². The summed E-state index contributed by atoms with van der Waals surface area (Å²) in [7, 11) is 0. The van der Waals surface area contributed by atoms with Crippen molar-refractivity contribution in [1.82, 2.24) is 0 Å². The minimum absolute atomic E-state index is 0.000232. The molecule has 122 valence electrons. The molecule has 1 aromatic heterocycles. The summed E-state index contributed by atoms with van der Waals surface area (Å²) in [6.07, 6.45) is 0.850. The van der Waals surface area contributed by atoms with Crippen LogP contribution in [0.3, 0.4) is 0 Å². The quantitative estimate of drug-likeness (QED) is 0.404. The third-order valence-corrected chi connectivity index (χ3v) is 3.74. The van der Waals surface area contributed by atoms with E-state index in [0.717, 1.165) is 17.4 Å². The highest BCUT2D eigenvalue weighted by molar-refractivity contribution is 5.80. The maximum absolute atomic E-state index is 11.7. The van der Waals surface area contributed by atoms with E-state index < -0.39 is 10.5 Å². The molecule has 0 unspecified atom stereocenters. The predicted molar refractivity (Wildman–Crippen MR) is 89.3 cm³/mol. The number of hydrogen-bond donors (Lipinski definition) is 0. The van der Waals surface area contributed by atoms with Crippen LogP contribution in [-0.4, -0.2) is 4.92 Å². The molecule has 0 radical (unpaired) electrons. The van der Waals surface area contributed by atoms with Gasteiger partial charge in [-0.1, -0.05) is 19.1 Å². The third-order valence-electron chi connectivity index (χ3n) is 3.74. The molecular formula is C18H15NO5. The lowest BCUT2D eigenvalue weighted by Crippen LogP contribution is -2.04. The van der Waals surface area contributed by atoms with Gasteiger partial charge in [-0.3, -0.25) is 10.1 Å². The Morgan fingerprint density at radius 1 is 1.12 bits per heavy atom. The fraction of sp³-hybridized carbons (Fsp3) is 0.167. The van der Waals surface area contributed by atoms with E-state index in [9.17, 15) is 14.9 Å². The Bertz CT molecular complexity index is 944. The Morgan fingerprint density at radius 2 is 1.88 bits per heavy atom. The summed E-state index contributed by atoms with van der Waals surface area (Å²) >= 11 is 0. The van der Waals surface area contributed by atoms with Crippen LogP contribution in [0.1, 0.15) is 18.1 Å². The Kier molecular flexibility index (Phi) is 4.29. The molecule has 0 atom stereocenters. The molecule has 6 heteroatoms. The van der Waals surface area contributed by atoms with Gasteiger partial charge in [0.25, 0.3) is 5.69 Å². The number of fused-ring (bicyclic) bond motifs is 1. The second kappa shape index (κ2) is 6.54. The Hall–Kier alpha value is -3.15. The number of non-ortho nitro benzene ring substituents is 1. The smallest absolute Gasteiger partial charge is 0.336 e. The van der Waals surface area contributed by atoms with E-state index in [4.69, 9.17) is 9.15 Å². The third kappa shape index (κ3) is 3.27.